The van der Waals surface area contributed by atoms with E-state index in [0.29, 0.717) is 36.7 Å². The van der Waals surface area contributed by atoms with E-state index < -0.39 is 24.3 Å². The van der Waals surface area contributed by atoms with Crippen molar-refractivity contribution in [2.24, 2.45) is 5.92 Å². The molecule has 3 rings (SSSR count). The van der Waals surface area contributed by atoms with Gasteiger partial charge < -0.3 is 25.0 Å². The van der Waals surface area contributed by atoms with Gasteiger partial charge in [-0.05, 0) is 31.9 Å². The molecule has 0 bridgehead atoms. The lowest BCUT2D eigenvalue weighted by atomic mass is 9.95. The van der Waals surface area contributed by atoms with E-state index in [1.807, 2.05) is 56.1 Å². The van der Waals surface area contributed by atoms with Gasteiger partial charge in [0.15, 0.2) is 0 Å². The second-order valence-electron chi connectivity index (χ2n) is 11.9. The van der Waals surface area contributed by atoms with Crippen molar-refractivity contribution in [3.63, 3.8) is 0 Å². The third-order valence-corrected chi connectivity index (χ3v) is 9.74. The SMILES string of the molecule is CCC[C@H](NC(=O)C1CN1C)C(=O)N(C)[C@H](C[C@@H](OCCI)c1nc(C(=O)N(C)C(C)C(O)c2ccccc2)cs1)C(C)C. The molecular formula is C32H48IN5O5S. The second kappa shape index (κ2) is 17.0. The van der Waals surface area contributed by atoms with Gasteiger partial charge in [-0.3, -0.25) is 19.3 Å². The number of thiazole rings is 1. The number of likely N-dealkylation sites (N-methyl/N-ethyl adjacent to an activating group) is 3. The number of hydrogen-bond donors (Lipinski definition) is 2. The van der Waals surface area contributed by atoms with Gasteiger partial charge in [-0.1, -0.05) is 80.1 Å². The van der Waals surface area contributed by atoms with Crippen LogP contribution in [0, 0.1) is 5.92 Å². The van der Waals surface area contributed by atoms with Crippen molar-refractivity contribution in [2.45, 2.75) is 83.3 Å². The summed E-state index contributed by atoms with van der Waals surface area (Å²) >= 11 is 3.62. The van der Waals surface area contributed by atoms with Crippen molar-refractivity contribution < 1.29 is 24.2 Å². The Bertz CT molecular complexity index is 1230. The Morgan fingerprint density at radius 2 is 1.84 bits per heavy atom. The predicted molar refractivity (Wildman–Crippen MR) is 182 cm³/mol. The quantitative estimate of drug-likeness (QED) is 0.141. The molecule has 244 valence electrons. The number of aromatic nitrogens is 1. The van der Waals surface area contributed by atoms with Crippen LogP contribution in [0.4, 0.5) is 0 Å². The van der Waals surface area contributed by atoms with Gasteiger partial charge in [-0.2, -0.15) is 0 Å². The molecule has 2 aromatic rings. The highest BCUT2D eigenvalue weighted by atomic mass is 127. The Kier molecular flexibility index (Phi) is 14.0. The lowest BCUT2D eigenvalue weighted by molar-refractivity contribution is -0.139. The molecule has 4 unspecified atom stereocenters. The van der Waals surface area contributed by atoms with E-state index in [1.165, 1.54) is 16.2 Å². The van der Waals surface area contributed by atoms with Crippen LogP contribution in [-0.4, -0.2) is 105 Å². The molecule has 0 aliphatic carbocycles. The summed E-state index contributed by atoms with van der Waals surface area (Å²) in [5, 5.41) is 16.3. The zero-order valence-corrected chi connectivity index (χ0v) is 29.9. The van der Waals surface area contributed by atoms with Crippen LogP contribution in [0.3, 0.4) is 0 Å². The fraction of sp³-hybridized carbons (Fsp3) is 0.625. The summed E-state index contributed by atoms with van der Waals surface area (Å²) in [6, 6.07) is 7.88. The van der Waals surface area contributed by atoms with Gasteiger partial charge in [0.2, 0.25) is 11.8 Å². The van der Waals surface area contributed by atoms with E-state index in [-0.39, 0.29) is 35.7 Å². The fourth-order valence-corrected chi connectivity index (χ4v) is 6.40. The smallest absolute Gasteiger partial charge is 0.273 e. The topological polar surface area (TPSA) is 115 Å². The molecule has 2 heterocycles. The third-order valence-electron chi connectivity index (χ3n) is 8.37. The molecule has 1 aromatic carbocycles. The zero-order chi connectivity index (χ0) is 32.6. The monoisotopic (exact) mass is 741 g/mol. The van der Waals surface area contributed by atoms with Crippen LogP contribution in [0.2, 0.25) is 0 Å². The molecule has 3 amide bonds. The van der Waals surface area contributed by atoms with Crippen LogP contribution in [0.15, 0.2) is 35.7 Å². The molecule has 12 heteroatoms. The number of nitrogens with zero attached hydrogens (tertiary/aromatic N) is 4. The average molecular weight is 742 g/mol. The van der Waals surface area contributed by atoms with E-state index in [4.69, 9.17) is 9.72 Å². The molecule has 2 N–H and O–H groups in total. The third kappa shape index (κ3) is 9.44. The average Bonchev–Trinajstić information content (AvgIpc) is 3.55. The first-order valence-electron chi connectivity index (χ1n) is 15.3. The number of hydrogen-bond acceptors (Lipinski definition) is 8. The normalized spacial score (nSPS) is 19.5. The fourth-order valence-electron chi connectivity index (χ4n) is 5.30. The Hall–Kier alpha value is -2.13. The number of benzene rings is 1. The molecule has 1 aliphatic heterocycles. The summed E-state index contributed by atoms with van der Waals surface area (Å²) in [5.74, 6) is -0.394. The maximum atomic E-state index is 13.7. The molecule has 1 saturated heterocycles. The van der Waals surface area contributed by atoms with E-state index in [9.17, 15) is 19.5 Å². The lowest BCUT2D eigenvalue weighted by Crippen LogP contribution is -2.52. The number of aliphatic hydroxyl groups excluding tert-OH is 1. The van der Waals surface area contributed by atoms with Crippen molar-refractivity contribution in [3.05, 3.63) is 52.0 Å². The van der Waals surface area contributed by atoms with E-state index in [0.717, 1.165) is 16.4 Å². The summed E-state index contributed by atoms with van der Waals surface area (Å²) in [4.78, 5) is 49.7. The molecule has 10 nitrogen and oxygen atoms in total. The molecule has 1 fully saturated rings. The standard InChI is InChI=1S/C32H48IN5O5S/c1-8-12-23(34-29(40)26-18-36(26)5)31(41)38(7)25(20(2)3)17-27(43-16-15-33)30-35-24(19-44-30)32(42)37(6)21(4)28(39)22-13-10-9-11-14-22/h9-11,13-14,19-21,23,25-28,39H,8,12,15-18H2,1-7H3,(H,34,40)/t21?,23-,25+,26?,27+,28?,36?/m0/s1. The predicted octanol–water partition coefficient (Wildman–Crippen LogP) is 4.30. The molecule has 0 saturated carbocycles. The first kappa shape index (κ1) is 36.3. The first-order chi connectivity index (χ1) is 20.9. The Labute approximate surface area is 279 Å². The molecular weight excluding hydrogens is 693 g/mol. The number of carbonyl (C=O) groups excluding carboxylic acids is 3. The molecule has 7 atom stereocenters. The molecule has 0 spiro atoms. The first-order valence-corrected chi connectivity index (χ1v) is 17.7. The summed E-state index contributed by atoms with van der Waals surface area (Å²) in [6.07, 6.45) is 0.567. The van der Waals surface area contributed by atoms with Crippen molar-refractivity contribution in [1.82, 2.24) is 25.0 Å². The molecule has 1 aromatic heterocycles. The lowest BCUT2D eigenvalue weighted by Gasteiger charge is -2.36. The largest absolute Gasteiger partial charge is 0.386 e. The maximum Gasteiger partial charge on any atom is 0.273 e. The molecule has 1 aliphatic rings. The number of aliphatic hydroxyl groups is 1. The van der Waals surface area contributed by atoms with Crippen molar-refractivity contribution in [3.8, 4) is 0 Å². The van der Waals surface area contributed by atoms with Crippen LogP contribution in [0.1, 0.15) is 80.2 Å². The van der Waals surface area contributed by atoms with E-state index in [1.54, 1.807) is 24.4 Å². The number of rotatable bonds is 17. The van der Waals surface area contributed by atoms with Gasteiger partial charge in [-0.25, -0.2) is 4.98 Å². The van der Waals surface area contributed by atoms with Gasteiger partial charge >= 0.3 is 0 Å². The number of amides is 3. The second-order valence-corrected chi connectivity index (χ2v) is 13.9. The summed E-state index contributed by atoms with van der Waals surface area (Å²) in [7, 11) is 5.36. The van der Waals surface area contributed by atoms with Gasteiger partial charge in [0, 0.05) is 42.9 Å². The highest BCUT2D eigenvalue weighted by molar-refractivity contribution is 14.1. The van der Waals surface area contributed by atoms with Crippen molar-refractivity contribution >= 4 is 51.6 Å². The minimum absolute atomic E-state index is 0.104. The van der Waals surface area contributed by atoms with E-state index in [2.05, 4.69) is 41.8 Å². The Balaban J connectivity index is 1.76. The van der Waals surface area contributed by atoms with Gasteiger partial charge in [0.25, 0.3) is 5.91 Å². The number of halogens is 1. The van der Waals surface area contributed by atoms with Crippen molar-refractivity contribution in [1.29, 1.82) is 0 Å². The summed E-state index contributed by atoms with van der Waals surface area (Å²) in [5.41, 5.74) is 1.04. The zero-order valence-electron chi connectivity index (χ0n) is 26.9. The minimum Gasteiger partial charge on any atom is -0.386 e. The number of ether oxygens (including phenoxy) is 1. The van der Waals surface area contributed by atoms with Crippen LogP contribution in [0.5, 0.6) is 0 Å². The molecule has 44 heavy (non-hydrogen) atoms. The van der Waals surface area contributed by atoms with Crippen LogP contribution >= 0.6 is 33.9 Å². The van der Waals surface area contributed by atoms with Gasteiger partial charge in [0.05, 0.1) is 18.8 Å². The van der Waals surface area contributed by atoms with Crippen LogP contribution < -0.4 is 5.32 Å². The molecule has 0 radical (unpaired) electrons. The number of nitrogens with one attached hydrogen (secondary N) is 1. The van der Waals surface area contributed by atoms with Gasteiger partial charge in [-0.15, -0.1) is 11.3 Å². The maximum absolute atomic E-state index is 13.7. The van der Waals surface area contributed by atoms with Crippen molar-refractivity contribution in [2.75, 3.05) is 38.7 Å². The van der Waals surface area contributed by atoms with E-state index >= 15 is 0 Å². The number of carbonyl (C=O) groups is 3. The summed E-state index contributed by atoms with van der Waals surface area (Å²) in [6.45, 7) is 9.17. The highest BCUT2D eigenvalue weighted by Crippen LogP contribution is 2.31. The number of alkyl halides is 1. The Morgan fingerprint density at radius 1 is 1.18 bits per heavy atom. The van der Waals surface area contributed by atoms with Crippen LogP contribution in [-0.2, 0) is 14.3 Å². The van der Waals surface area contributed by atoms with Gasteiger partial charge in [0.1, 0.15) is 28.9 Å². The highest BCUT2D eigenvalue weighted by Gasteiger charge is 2.39. The Morgan fingerprint density at radius 3 is 2.41 bits per heavy atom. The van der Waals surface area contributed by atoms with Crippen LogP contribution in [0.25, 0.3) is 0 Å². The summed E-state index contributed by atoms with van der Waals surface area (Å²) < 4.78 is 7.05. The minimum atomic E-state index is -0.839.